The maximum Gasteiger partial charge on any atom is 0.249 e. The van der Waals surface area contributed by atoms with E-state index in [1.54, 1.807) is 17.0 Å². The Balaban J connectivity index is 1.51. The summed E-state index contributed by atoms with van der Waals surface area (Å²) in [6, 6.07) is 17.2. The molecule has 174 valence electrons. The molecule has 0 aliphatic heterocycles. The van der Waals surface area contributed by atoms with Gasteiger partial charge in [-0.25, -0.2) is 4.68 Å². The van der Waals surface area contributed by atoms with E-state index in [1.165, 1.54) is 0 Å². The van der Waals surface area contributed by atoms with Crippen molar-refractivity contribution in [3.05, 3.63) is 88.5 Å². The normalized spacial score (nSPS) is 11.3. The molecule has 7 nitrogen and oxygen atoms in total. The summed E-state index contributed by atoms with van der Waals surface area (Å²) in [6.07, 6.45) is 4.20. The molecule has 2 heterocycles. The highest BCUT2D eigenvalue weighted by molar-refractivity contribution is 6.33. The smallest absolute Gasteiger partial charge is 0.249 e. The lowest BCUT2D eigenvalue weighted by Gasteiger charge is -2.18. The zero-order valence-corrected chi connectivity index (χ0v) is 20.2. The Labute approximate surface area is 203 Å². The van der Waals surface area contributed by atoms with Crippen molar-refractivity contribution < 1.29 is 9.21 Å². The van der Waals surface area contributed by atoms with Gasteiger partial charge in [-0.1, -0.05) is 48.9 Å². The van der Waals surface area contributed by atoms with E-state index in [1.807, 2.05) is 80.1 Å². The van der Waals surface area contributed by atoms with E-state index in [9.17, 15) is 4.79 Å². The Morgan fingerprint density at radius 1 is 1.09 bits per heavy atom. The molecule has 0 atom stereocenters. The number of hydrogen-bond acceptors (Lipinski definition) is 5. The van der Waals surface area contributed by atoms with Crippen LogP contribution < -0.4 is 0 Å². The first-order valence-corrected chi connectivity index (χ1v) is 11.5. The quantitative estimate of drug-likeness (QED) is 0.308. The number of para-hydroxylation sites is 1. The summed E-state index contributed by atoms with van der Waals surface area (Å²) in [4.78, 5) is 14.7. The first-order valence-electron chi connectivity index (χ1n) is 11.1. The van der Waals surface area contributed by atoms with Gasteiger partial charge < -0.3 is 9.32 Å². The summed E-state index contributed by atoms with van der Waals surface area (Å²) in [5, 5.41) is 13.4. The van der Waals surface area contributed by atoms with Crippen molar-refractivity contribution in [3.8, 4) is 17.1 Å². The van der Waals surface area contributed by atoms with E-state index in [4.69, 9.17) is 16.0 Å². The van der Waals surface area contributed by atoms with Gasteiger partial charge in [-0.15, -0.1) is 10.2 Å². The molecule has 34 heavy (non-hydrogen) atoms. The molecule has 0 saturated carbocycles. The lowest BCUT2D eigenvalue weighted by Crippen LogP contribution is -2.29. The van der Waals surface area contributed by atoms with E-state index in [-0.39, 0.29) is 12.5 Å². The third-order valence-electron chi connectivity index (χ3n) is 5.44. The topological polar surface area (TPSA) is 77.1 Å². The van der Waals surface area contributed by atoms with Gasteiger partial charge in [0, 0.05) is 23.9 Å². The first kappa shape index (κ1) is 23.4. The SMILES string of the molecule is CCCN(Cc1nnc(-c2ccccc2Cl)o1)C(=O)/C=C/c1c(C)nn(-c2ccccc2)c1C. The summed E-state index contributed by atoms with van der Waals surface area (Å²) in [5.74, 6) is 0.555. The van der Waals surface area contributed by atoms with Gasteiger partial charge in [0.2, 0.25) is 17.7 Å². The summed E-state index contributed by atoms with van der Waals surface area (Å²) in [6.45, 7) is 6.74. The van der Waals surface area contributed by atoms with E-state index < -0.39 is 0 Å². The van der Waals surface area contributed by atoms with Crippen LogP contribution in [-0.2, 0) is 11.3 Å². The minimum absolute atomic E-state index is 0.134. The third-order valence-corrected chi connectivity index (χ3v) is 5.77. The fourth-order valence-corrected chi connectivity index (χ4v) is 3.95. The number of rotatable bonds is 8. The predicted molar refractivity (Wildman–Crippen MR) is 133 cm³/mol. The van der Waals surface area contributed by atoms with Gasteiger partial charge in [0.1, 0.15) is 0 Å². The van der Waals surface area contributed by atoms with Crippen molar-refractivity contribution in [2.75, 3.05) is 6.54 Å². The van der Waals surface area contributed by atoms with Crippen LogP contribution in [0.1, 0.15) is 36.2 Å². The van der Waals surface area contributed by atoms with Gasteiger partial charge in [0.25, 0.3) is 0 Å². The predicted octanol–water partition coefficient (Wildman–Crippen LogP) is 5.64. The molecule has 4 rings (SSSR count). The maximum absolute atomic E-state index is 13.0. The van der Waals surface area contributed by atoms with Crippen LogP contribution in [0, 0.1) is 13.8 Å². The summed E-state index contributed by atoms with van der Waals surface area (Å²) >= 11 is 6.23. The van der Waals surface area contributed by atoms with E-state index in [2.05, 4.69) is 15.3 Å². The molecule has 0 unspecified atom stereocenters. The molecule has 0 aliphatic carbocycles. The highest BCUT2D eigenvalue weighted by Gasteiger charge is 2.18. The third kappa shape index (κ3) is 5.10. The van der Waals surface area contributed by atoms with E-state index in [0.717, 1.165) is 29.1 Å². The summed E-state index contributed by atoms with van der Waals surface area (Å²) in [5.41, 5.74) is 4.39. The molecule has 8 heteroatoms. The van der Waals surface area contributed by atoms with Gasteiger partial charge in [0.15, 0.2) is 0 Å². The number of aryl methyl sites for hydroxylation is 1. The lowest BCUT2D eigenvalue weighted by molar-refractivity contribution is -0.126. The Hall–Kier alpha value is -3.71. The van der Waals surface area contributed by atoms with Crippen LogP contribution in [0.25, 0.3) is 23.2 Å². The number of hydrogen-bond donors (Lipinski definition) is 0. The Morgan fingerprint density at radius 2 is 1.82 bits per heavy atom. The standard InChI is InChI=1S/C26H26ClN5O2/c1-4-16-31(17-24-28-29-26(34-24)22-12-8-9-13-23(22)27)25(33)15-14-21-18(2)30-32(19(21)3)20-10-6-5-7-11-20/h5-15H,4,16-17H2,1-3H3/b15-14+. The second-order valence-corrected chi connectivity index (χ2v) is 8.31. The molecule has 0 N–H and O–H groups in total. The molecular formula is C26H26ClN5O2. The van der Waals surface area contributed by atoms with Crippen molar-refractivity contribution >= 4 is 23.6 Å². The molecule has 1 amide bonds. The van der Waals surface area contributed by atoms with Crippen molar-refractivity contribution in [3.63, 3.8) is 0 Å². The van der Waals surface area contributed by atoms with Crippen LogP contribution in [0.15, 0.2) is 65.1 Å². The van der Waals surface area contributed by atoms with Gasteiger partial charge in [0.05, 0.1) is 28.5 Å². The van der Waals surface area contributed by atoms with Crippen LogP contribution in [0.4, 0.5) is 0 Å². The van der Waals surface area contributed by atoms with Crippen molar-refractivity contribution in [1.29, 1.82) is 0 Å². The van der Waals surface area contributed by atoms with Crippen LogP contribution in [0.2, 0.25) is 5.02 Å². The fraction of sp³-hybridized carbons (Fsp3) is 0.231. The van der Waals surface area contributed by atoms with Crippen LogP contribution in [0.3, 0.4) is 0 Å². The van der Waals surface area contributed by atoms with Gasteiger partial charge in [-0.3, -0.25) is 4.79 Å². The average Bonchev–Trinajstić information content (AvgIpc) is 3.42. The zero-order valence-electron chi connectivity index (χ0n) is 19.4. The Morgan fingerprint density at radius 3 is 2.56 bits per heavy atom. The molecule has 0 radical (unpaired) electrons. The number of benzene rings is 2. The zero-order chi connectivity index (χ0) is 24.1. The van der Waals surface area contributed by atoms with Gasteiger partial charge in [-0.2, -0.15) is 5.10 Å². The van der Waals surface area contributed by atoms with Gasteiger partial charge in [-0.05, 0) is 50.6 Å². The molecule has 0 spiro atoms. The highest BCUT2D eigenvalue weighted by Crippen LogP contribution is 2.26. The summed E-state index contributed by atoms with van der Waals surface area (Å²) < 4.78 is 7.68. The minimum atomic E-state index is -0.134. The Bertz CT molecular complexity index is 1310. The summed E-state index contributed by atoms with van der Waals surface area (Å²) in [7, 11) is 0. The molecule has 0 saturated heterocycles. The number of amides is 1. The monoisotopic (exact) mass is 475 g/mol. The van der Waals surface area contributed by atoms with Crippen LogP contribution in [0.5, 0.6) is 0 Å². The van der Waals surface area contributed by atoms with Crippen molar-refractivity contribution in [1.82, 2.24) is 24.9 Å². The number of halogens is 1. The maximum atomic E-state index is 13.0. The van der Waals surface area contributed by atoms with Crippen molar-refractivity contribution in [2.24, 2.45) is 0 Å². The molecule has 0 bridgehead atoms. The highest BCUT2D eigenvalue weighted by atomic mass is 35.5. The molecule has 0 fully saturated rings. The molecule has 2 aromatic carbocycles. The Kier molecular flexibility index (Phi) is 7.23. The number of aromatic nitrogens is 4. The van der Waals surface area contributed by atoms with E-state index >= 15 is 0 Å². The molecule has 0 aliphatic rings. The largest absolute Gasteiger partial charge is 0.419 e. The minimum Gasteiger partial charge on any atom is -0.419 e. The van der Waals surface area contributed by atoms with Crippen LogP contribution in [-0.4, -0.2) is 37.3 Å². The number of nitrogens with zero attached hydrogens (tertiary/aromatic N) is 5. The second kappa shape index (κ2) is 10.5. The molecule has 4 aromatic rings. The van der Waals surface area contributed by atoms with Crippen LogP contribution >= 0.6 is 11.6 Å². The number of carbonyl (C=O) groups is 1. The second-order valence-electron chi connectivity index (χ2n) is 7.91. The van der Waals surface area contributed by atoms with E-state index in [0.29, 0.717) is 28.9 Å². The van der Waals surface area contributed by atoms with Gasteiger partial charge >= 0.3 is 0 Å². The average molecular weight is 476 g/mol. The van der Waals surface area contributed by atoms with Crippen molar-refractivity contribution in [2.45, 2.75) is 33.7 Å². The molecular weight excluding hydrogens is 450 g/mol. The first-order chi connectivity index (χ1) is 16.5. The number of carbonyl (C=O) groups excluding carboxylic acids is 1. The lowest BCUT2D eigenvalue weighted by atomic mass is 10.1. The fourth-order valence-electron chi connectivity index (χ4n) is 3.74. The molecule has 2 aromatic heterocycles.